The van der Waals surface area contributed by atoms with Gasteiger partial charge in [-0.2, -0.15) is 0 Å². The summed E-state index contributed by atoms with van der Waals surface area (Å²) in [5, 5.41) is 10.7. The van der Waals surface area contributed by atoms with E-state index in [9.17, 15) is 19.7 Å². The van der Waals surface area contributed by atoms with Crippen LogP contribution in [0.5, 0.6) is 0 Å². The summed E-state index contributed by atoms with van der Waals surface area (Å²) in [4.78, 5) is 38.8. The third kappa shape index (κ3) is 4.51. The van der Waals surface area contributed by atoms with E-state index in [4.69, 9.17) is 17.0 Å². The molecule has 0 saturated carbocycles. The van der Waals surface area contributed by atoms with E-state index in [1.165, 1.54) is 23.9 Å². The quantitative estimate of drug-likeness (QED) is 0.211. The molecule has 2 heterocycles. The first-order valence-corrected chi connectivity index (χ1v) is 11.1. The molecule has 0 N–H and O–H groups in total. The number of esters is 1. The number of benzene rings is 1. The number of β-lactam (4-membered cyclic amide) rings is 1. The number of nitrogens with zero attached hydrogens (tertiary/aromatic N) is 3. The van der Waals surface area contributed by atoms with Crippen LogP contribution < -0.4 is 0 Å². The number of hydrogen-bond donors (Lipinski definition) is 0. The molecule has 0 unspecified atom stereocenters. The lowest BCUT2D eigenvalue weighted by molar-refractivity contribution is -0.384. The number of nitro benzene ring substituents is 1. The first-order valence-electron chi connectivity index (χ1n) is 8.85. The first-order chi connectivity index (χ1) is 13.6. The Bertz CT molecular complexity index is 848. The molecule has 29 heavy (non-hydrogen) atoms. The van der Waals surface area contributed by atoms with Crippen LogP contribution in [0.2, 0.25) is 0 Å². The summed E-state index contributed by atoms with van der Waals surface area (Å²) in [6, 6.07) is 5.15. The molecule has 11 heteroatoms. The molecule has 1 amide bonds. The van der Waals surface area contributed by atoms with Gasteiger partial charge < -0.3 is 14.5 Å². The minimum Gasteiger partial charge on any atom is -0.459 e. The topological polar surface area (TPSA) is 93.0 Å². The minimum atomic E-state index is -0.686. The SMILES string of the molecule is CN(C)C(=S)SC[C@]1(C)S[C@@H]2CC(=O)N2[C@H]1C(=O)OCc1ccc([N+](=O)[O-])cc1. The molecule has 2 fully saturated rings. The fraction of sp³-hybridized carbons (Fsp3) is 0.500. The fourth-order valence-corrected chi connectivity index (χ4v) is 6.23. The highest BCUT2D eigenvalue weighted by Gasteiger charge is 2.61. The predicted molar refractivity (Wildman–Crippen MR) is 117 cm³/mol. The third-order valence-corrected chi connectivity index (χ3v) is 8.64. The first kappa shape index (κ1) is 21.8. The van der Waals surface area contributed by atoms with Crippen molar-refractivity contribution in [3.63, 3.8) is 0 Å². The van der Waals surface area contributed by atoms with Gasteiger partial charge in [0.1, 0.15) is 17.0 Å². The molecular formula is C18H21N3O5S3. The monoisotopic (exact) mass is 455 g/mol. The predicted octanol–water partition coefficient (Wildman–Crippen LogP) is 2.65. The lowest BCUT2D eigenvalue weighted by Crippen LogP contribution is -2.58. The van der Waals surface area contributed by atoms with Gasteiger partial charge in [-0.15, -0.1) is 11.8 Å². The van der Waals surface area contributed by atoms with Gasteiger partial charge in [-0.05, 0) is 24.6 Å². The van der Waals surface area contributed by atoms with Crippen LogP contribution in [-0.2, 0) is 20.9 Å². The summed E-state index contributed by atoms with van der Waals surface area (Å²) in [6.45, 7) is 1.95. The van der Waals surface area contributed by atoms with Crippen molar-refractivity contribution in [1.82, 2.24) is 9.80 Å². The molecular weight excluding hydrogens is 434 g/mol. The molecule has 8 nitrogen and oxygen atoms in total. The normalized spacial score (nSPS) is 25.2. The van der Waals surface area contributed by atoms with Crippen molar-refractivity contribution in [3.05, 3.63) is 39.9 Å². The van der Waals surface area contributed by atoms with Crippen LogP contribution in [-0.4, -0.2) is 66.9 Å². The van der Waals surface area contributed by atoms with Crippen LogP contribution >= 0.6 is 35.7 Å². The van der Waals surface area contributed by atoms with Gasteiger partial charge in [-0.3, -0.25) is 14.9 Å². The molecule has 0 aliphatic carbocycles. The maximum atomic E-state index is 12.9. The van der Waals surface area contributed by atoms with Crippen molar-refractivity contribution in [2.45, 2.75) is 36.1 Å². The van der Waals surface area contributed by atoms with Crippen LogP contribution in [0.15, 0.2) is 24.3 Å². The van der Waals surface area contributed by atoms with E-state index < -0.39 is 21.7 Å². The Hall–Kier alpha value is -1.85. The van der Waals surface area contributed by atoms with Gasteiger partial charge in [0, 0.05) is 32.0 Å². The second kappa shape index (κ2) is 8.49. The van der Waals surface area contributed by atoms with Gasteiger partial charge in [0.25, 0.3) is 5.69 Å². The van der Waals surface area contributed by atoms with E-state index in [-0.39, 0.29) is 23.6 Å². The number of carbonyl (C=O) groups is 2. The number of carbonyl (C=O) groups excluding carboxylic acids is 2. The zero-order chi connectivity index (χ0) is 21.3. The summed E-state index contributed by atoms with van der Waals surface area (Å²) in [7, 11) is 3.73. The summed E-state index contributed by atoms with van der Waals surface area (Å²) >= 11 is 8.44. The summed E-state index contributed by atoms with van der Waals surface area (Å²) in [5.41, 5.74) is 0.619. The van der Waals surface area contributed by atoms with Crippen molar-refractivity contribution < 1.29 is 19.2 Å². The van der Waals surface area contributed by atoms with Crippen LogP contribution in [0.1, 0.15) is 18.9 Å². The third-order valence-electron chi connectivity index (χ3n) is 4.81. The van der Waals surface area contributed by atoms with Crippen molar-refractivity contribution >= 4 is 57.6 Å². The average molecular weight is 456 g/mol. The molecule has 0 aromatic heterocycles. The Balaban J connectivity index is 1.69. The number of amides is 1. The van der Waals surface area contributed by atoms with E-state index in [2.05, 4.69) is 0 Å². The van der Waals surface area contributed by atoms with Crippen LogP contribution in [0.3, 0.4) is 0 Å². The number of hydrogen-bond acceptors (Lipinski definition) is 8. The molecule has 0 spiro atoms. The van der Waals surface area contributed by atoms with E-state index >= 15 is 0 Å². The molecule has 2 saturated heterocycles. The summed E-state index contributed by atoms with van der Waals surface area (Å²) in [5.74, 6) is 0.0562. The van der Waals surface area contributed by atoms with E-state index in [1.54, 1.807) is 28.8 Å². The van der Waals surface area contributed by atoms with Crippen molar-refractivity contribution in [1.29, 1.82) is 0 Å². The smallest absolute Gasteiger partial charge is 0.330 e. The summed E-state index contributed by atoms with van der Waals surface area (Å²) in [6.07, 6.45) is 0.426. The maximum absolute atomic E-state index is 12.9. The maximum Gasteiger partial charge on any atom is 0.330 e. The average Bonchev–Trinajstić information content (AvgIpc) is 2.91. The zero-order valence-electron chi connectivity index (χ0n) is 16.2. The number of nitro groups is 1. The Morgan fingerprint density at radius 1 is 1.45 bits per heavy atom. The van der Waals surface area contributed by atoms with Crippen LogP contribution in [0, 0.1) is 10.1 Å². The molecule has 1 aromatic carbocycles. The largest absolute Gasteiger partial charge is 0.459 e. The molecule has 0 radical (unpaired) electrons. The van der Waals surface area contributed by atoms with Gasteiger partial charge in [-0.25, -0.2) is 4.79 Å². The van der Waals surface area contributed by atoms with Gasteiger partial charge in [-0.1, -0.05) is 24.0 Å². The number of thioether (sulfide) groups is 2. The zero-order valence-corrected chi connectivity index (χ0v) is 18.6. The molecule has 156 valence electrons. The number of thiocarbonyl (C=S) groups is 1. The van der Waals surface area contributed by atoms with Crippen molar-refractivity contribution in [3.8, 4) is 0 Å². The number of rotatable bonds is 6. The Kier molecular flexibility index (Phi) is 6.39. The molecule has 2 aliphatic rings. The minimum absolute atomic E-state index is 0.00990. The highest BCUT2D eigenvalue weighted by atomic mass is 32.2. The highest BCUT2D eigenvalue weighted by molar-refractivity contribution is 8.23. The summed E-state index contributed by atoms with van der Waals surface area (Å²) < 4.78 is 5.69. The number of fused-ring (bicyclic) bond motifs is 1. The van der Waals surface area contributed by atoms with E-state index in [0.29, 0.717) is 22.1 Å². The lowest BCUT2D eigenvalue weighted by atomic mass is 9.98. The Labute approximate surface area is 182 Å². The van der Waals surface area contributed by atoms with Crippen LogP contribution in [0.25, 0.3) is 0 Å². The number of non-ortho nitro benzene ring substituents is 1. The van der Waals surface area contributed by atoms with Gasteiger partial charge in [0.15, 0.2) is 0 Å². The second-order valence-corrected chi connectivity index (χ2v) is 10.6. The molecule has 1 aromatic rings. The highest BCUT2D eigenvalue weighted by Crippen LogP contribution is 2.52. The molecule has 0 bridgehead atoms. The van der Waals surface area contributed by atoms with Gasteiger partial charge >= 0.3 is 5.97 Å². The van der Waals surface area contributed by atoms with Gasteiger partial charge in [0.05, 0.1) is 21.5 Å². The van der Waals surface area contributed by atoms with E-state index in [1.807, 2.05) is 25.9 Å². The van der Waals surface area contributed by atoms with E-state index in [0.717, 1.165) is 0 Å². The second-order valence-electron chi connectivity index (χ2n) is 7.27. The van der Waals surface area contributed by atoms with Crippen LogP contribution in [0.4, 0.5) is 5.69 Å². The number of ether oxygens (including phenoxy) is 1. The van der Waals surface area contributed by atoms with Gasteiger partial charge in [0.2, 0.25) is 5.91 Å². The van der Waals surface area contributed by atoms with Crippen molar-refractivity contribution in [2.24, 2.45) is 0 Å². The lowest BCUT2D eigenvalue weighted by Gasteiger charge is -2.37. The fourth-order valence-electron chi connectivity index (χ4n) is 3.24. The molecule has 3 rings (SSSR count). The van der Waals surface area contributed by atoms with Crippen molar-refractivity contribution in [2.75, 3.05) is 19.8 Å². The Morgan fingerprint density at radius 3 is 2.66 bits per heavy atom. The standard InChI is InChI=1S/C18H21N3O5S3/c1-18(10-28-17(27)19(2)3)15(20-13(22)8-14(20)29-18)16(23)26-9-11-4-6-12(7-5-11)21(24)25/h4-7,14-15H,8-10H2,1-3H3/t14-,15+,18+/m1/s1. The Morgan fingerprint density at radius 2 is 2.10 bits per heavy atom. The molecule has 3 atom stereocenters. The molecule has 2 aliphatic heterocycles.